The van der Waals surface area contributed by atoms with Crippen molar-refractivity contribution < 1.29 is 4.79 Å². The topological polar surface area (TPSA) is 32.3 Å². The number of nitrogens with one attached hydrogen (secondary N) is 1. The number of halogens is 1. The molecule has 3 nitrogen and oxygen atoms in total. The summed E-state index contributed by atoms with van der Waals surface area (Å²) in [6, 6.07) is 2.57. The fourth-order valence-electron chi connectivity index (χ4n) is 3.34. The normalized spacial score (nSPS) is 22.3. The Hall–Kier alpha value is -0.580. The van der Waals surface area contributed by atoms with Gasteiger partial charge in [0.15, 0.2) is 0 Å². The third-order valence-electron chi connectivity index (χ3n) is 4.72. The lowest BCUT2D eigenvalue weighted by atomic mass is 9.90. The number of rotatable bonds is 2. The molecule has 1 N–H and O–H groups in total. The van der Waals surface area contributed by atoms with E-state index in [1.165, 1.54) is 16.9 Å². The quantitative estimate of drug-likeness (QED) is 0.904. The van der Waals surface area contributed by atoms with Gasteiger partial charge in [-0.25, -0.2) is 0 Å². The van der Waals surface area contributed by atoms with E-state index >= 15 is 0 Å². The van der Waals surface area contributed by atoms with Crippen molar-refractivity contribution in [2.24, 2.45) is 5.92 Å². The molecule has 2 aliphatic rings. The highest BCUT2D eigenvalue weighted by atomic mass is 35.5. The van der Waals surface area contributed by atoms with Gasteiger partial charge in [0.25, 0.3) is 5.91 Å². The average Bonchev–Trinajstić information content (AvgIpc) is 2.89. The van der Waals surface area contributed by atoms with E-state index in [1.54, 1.807) is 11.3 Å². The molecule has 0 aromatic carbocycles. The van der Waals surface area contributed by atoms with E-state index in [-0.39, 0.29) is 18.3 Å². The highest BCUT2D eigenvalue weighted by molar-refractivity contribution is 7.14. The van der Waals surface area contributed by atoms with Crippen LogP contribution in [0.1, 0.15) is 46.3 Å². The third kappa shape index (κ3) is 3.61. The third-order valence-corrected chi connectivity index (χ3v) is 5.94. The van der Waals surface area contributed by atoms with Crippen molar-refractivity contribution in [3.63, 3.8) is 0 Å². The van der Waals surface area contributed by atoms with E-state index in [1.807, 2.05) is 11.9 Å². The Kier molecular flexibility index (Phi) is 5.69. The molecule has 3 rings (SSSR count). The number of fused-ring (bicyclic) bond motifs is 1. The summed E-state index contributed by atoms with van der Waals surface area (Å²) in [7, 11) is 1.97. The van der Waals surface area contributed by atoms with Gasteiger partial charge in [0.2, 0.25) is 0 Å². The van der Waals surface area contributed by atoms with Crippen molar-refractivity contribution in [3.05, 3.63) is 21.4 Å². The molecule has 1 fully saturated rings. The van der Waals surface area contributed by atoms with Crippen molar-refractivity contribution in [2.45, 2.75) is 45.1 Å². The summed E-state index contributed by atoms with van der Waals surface area (Å²) in [6.07, 6.45) is 5.72. The largest absolute Gasteiger partial charge is 0.338 e. The van der Waals surface area contributed by atoms with Gasteiger partial charge in [-0.1, -0.05) is 6.92 Å². The summed E-state index contributed by atoms with van der Waals surface area (Å²) < 4.78 is 0. The summed E-state index contributed by atoms with van der Waals surface area (Å²) in [6.45, 7) is 4.37. The predicted octanol–water partition coefficient (Wildman–Crippen LogP) is 3.12. The summed E-state index contributed by atoms with van der Waals surface area (Å²) in [5, 5.41) is 3.36. The summed E-state index contributed by atoms with van der Waals surface area (Å²) in [5.74, 6) is 0.992. The Morgan fingerprint density at radius 3 is 2.76 bits per heavy atom. The van der Waals surface area contributed by atoms with Crippen LogP contribution in [0.15, 0.2) is 6.07 Å². The summed E-state index contributed by atoms with van der Waals surface area (Å²) in [4.78, 5) is 17.0. The predicted molar refractivity (Wildman–Crippen MR) is 90.7 cm³/mol. The number of carbonyl (C=O) groups is 1. The maximum Gasteiger partial charge on any atom is 0.263 e. The van der Waals surface area contributed by atoms with Gasteiger partial charge in [0.05, 0.1) is 4.88 Å². The fraction of sp³-hybridized carbons (Fsp3) is 0.688. The van der Waals surface area contributed by atoms with Gasteiger partial charge in [-0.15, -0.1) is 23.7 Å². The van der Waals surface area contributed by atoms with Gasteiger partial charge in [-0.05, 0) is 62.7 Å². The molecule has 5 heteroatoms. The highest BCUT2D eigenvalue weighted by Gasteiger charge is 2.26. The van der Waals surface area contributed by atoms with Crippen molar-refractivity contribution in [1.82, 2.24) is 10.2 Å². The lowest BCUT2D eigenvalue weighted by Gasteiger charge is -2.31. The van der Waals surface area contributed by atoms with Gasteiger partial charge >= 0.3 is 0 Å². The number of hydrogen-bond acceptors (Lipinski definition) is 3. The minimum Gasteiger partial charge on any atom is -0.338 e. The first-order valence-electron chi connectivity index (χ1n) is 7.74. The molecule has 0 bridgehead atoms. The van der Waals surface area contributed by atoms with Gasteiger partial charge < -0.3 is 10.2 Å². The lowest BCUT2D eigenvalue weighted by Crippen LogP contribution is -2.43. The SMILES string of the molecule is CC1CCc2sc(C(=O)N(C)C3CCNCC3)cc2C1.Cl. The minimum absolute atomic E-state index is 0. The van der Waals surface area contributed by atoms with E-state index in [0.717, 1.165) is 49.6 Å². The minimum atomic E-state index is 0. The zero-order chi connectivity index (χ0) is 14.1. The monoisotopic (exact) mass is 328 g/mol. The van der Waals surface area contributed by atoms with Gasteiger partial charge in [0.1, 0.15) is 0 Å². The second-order valence-corrected chi connectivity index (χ2v) is 7.44. The molecular formula is C16H25ClN2OS. The number of piperidine rings is 1. The van der Waals surface area contributed by atoms with Crippen LogP contribution in [-0.2, 0) is 12.8 Å². The van der Waals surface area contributed by atoms with Gasteiger partial charge in [-0.2, -0.15) is 0 Å². The van der Waals surface area contributed by atoms with Crippen LogP contribution in [0.2, 0.25) is 0 Å². The van der Waals surface area contributed by atoms with Gasteiger partial charge in [0, 0.05) is 18.0 Å². The van der Waals surface area contributed by atoms with E-state index in [9.17, 15) is 4.79 Å². The number of thiophene rings is 1. The van der Waals surface area contributed by atoms with Crippen molar-refractivity contribution in [3.8, 4) is 0 Å². The zero-order valence-corrected chi connectivity index (χ0v) is 14.5. The zero-order valence-electron chi connectivity index (χ0n) is 12.9. The van der Waals surface area contributed by atoms with E-state index in [2.05, 4.69) is 18.3 Å². The Morgan fingerprint density at radius 2 is 2.05 bits per heavy atom. The van der Waals surface area contributed by atoms with Crippen LogP contribution in [0.25, 0.3) is 0 Å². The molecule has 1 aromatic heterocycles. The smallest absolute Gasteiger partial charge is 0.263 e. The molecule has 0 spiro atoms. The van der Waals surface area contributed by atoms with E-state index in [4.69, 9.17) is 0 Å². The molecule has 1 aliphatic heterocycles. The van der Waals surface area contributed by atoms with Crippen LogP contribution in [-0.4, -0.2) is 37.0 Å². The Labute approximate surface area is 137 Å². The van der Waals surface area contributed by atoms with E-state index < -0.39 is 0 Å². The number of carbonyl (C=O) groups excluding carboxylic acids is 1. The molecule has 2 heterocycles. The molecule has 1 saturated heterocycles. The second-order valence-electron chi connectivity index (χ2n) is 6.30. The molecule has 0 radical (unpaired) electrons. The Bertz CT molecular complexity index is 496. The molecule has 1 amide bonds. The van der Waals surface area contributed by atoms with Crippen LogP contribution in [0.5, 0.6) is 0 Å². The Morgan fingerprint density at radius 1 is 1.33 bits per heavy atom. The summed E-state index contributed by atoms with van der Waals surface area (Å²) >= 11 is 1.73. The summed E-state index contributed by atoms with van der Waals surface area (Å²) in [5.41, 5.74) is 1.43. The second kappa shape index (κ2) is 7.12. The Balaban J connectivity index is 0.00000161. The fourth-order valence-corrected chi connectivity index (χ4v) is 4.54. The number of amides is 1. The maximum atomic E-state index is 12.7. The van der Waals surface area contributed by atoms with Crippen LogP contribution in [0, 0.1) is 5.92 Å². The highest BCUT2D eigenvalue weighted by Crippen LogP contribution is 2.33. The maximum absolute atomic E-state index is 12.7. The van der Waals surface area contributed by atoms with Crippen LogP contribution < -0.4 is 5.32 Å². The van der Waals surface area contributed by atoms with Crippen molar-refractivity contribution in [2.75, 3.05) is 20.1 Å². The molecule has 118 valence electrons. The van der Waals surface area contributed by atoms with E-state index in [0.29, 0.717) is 6.04 Å². The van der Waals surface area contributed by atoms with Crippen molar-refractivity contribution in [1.29, 1.82) is 0 Å². The number of nitrogens with zero attached hydrogens (tertiary/aromatic N) is 1. The average molecular weight is 329 g/mol. The molecule has 1 aromatic rings. The molecule has 0 saturated carbocycles. The molecule has 1 unspecified atom stereocenters. The molecule has 21 heavy (non-hydrogen) atoms. The first-order valence-corrected chi connectivity index (χ1v) is 8.56. The molecule has 1 atom stereocenters. The van der Waals surface area contributed by atoms with Gasteiger partial charge in [-0.3, -0.25) is 4.79 Å². The first kappa shape index (κ1) is 16.8. The number of aryl methyl sites for hydroxylation is 1. The standard InChI is InChI=1S/C16H24N2OS.ClH/c1-11-3-4-14-12(9-11)10-15(20-14)16(19)18(2)13-5-7-17-8-6-13;/h10-11,13,17H,3-9H2,1-2H3;1H. The lowest BCUT2D eigenvalue weighted by molar-refractivity contribution is 0.0708. The van der Waals surface area contributed by atoms with Crippen LogP contribution in [0.4, 0.5) is 0 Å². The molecular weight excluding hydrogens is 304 g/mol. The van der Waals surface area contributed by atoms with Crippen molar-refractivity contribution >= 4 is 29.7 Å². The van der Waals surface area contributed by atoms with Crippen LogP contribution >= 0.6 is 23.7 Å². The first-order chi connectivity index (χ1) is 9.65. The number of hydrogen-bond donors (Lipinski definition) is 1. The molecule has 1 aliphatic carbocycles. The van der Waals surface area contributed by atoms with Crippen LogP contribution in [0.3, 0.4) is 0 Å².